The van der Waals surface area contributed by atoms with Crippen LogP contribution in [0.25, 0.3) is 0 Å². The number of nitro groups is 1. The van der Waals surface area contributed by atoms with E-state index in [1.807, 2.05) is 20.8 Å². The van der Waals surface area contributed by atoms with Crippen molar-refractivity contribution in [2.75, 3.05) is 13.2 Å². The quantitative estimate of drug-likeness (QED) is 0.140. The zero-order chi connectivity index (χ0) is 28.3. The van der Waals surface area contributed by atoms with E-state index >= 15 is 0 Å². The molecule has 1 aromatic carbocycles. The summed E-state index contributed by atoms with van der Waals surface area (Å²) >= 11 is 0. The van der Waals surface area contributed by atoms with E-state index in [0.29, 0.717) is 6.42 Å². The minimum atomic E-state index is -1.93. The number of carbonyl (C=O) groups is 4. The van der Waals surface area contributed by atoms with Gasteiger partial charge in [0.1, 0.15) is 12.1 Å². The van der Waals surface area contributed by atoms with Crippen LogP contribution in [-0.4, -0.2) is 64.5 Å². The number of hydrogen-bond acceptors (Lipinski definition) is 9. The topological polar surface area (TPSA) is 192 Å². The number of nitrogens with one attached hydrogen (secondary N) is 1. The Morgan fingerprint density at radius 1 is 1.08 bits per heavy atom. The molecule has 3 N–H and O–H groups in total. The van der Waals surface area contributed by atoms with E-state index < -0.39 is 52.7 Å². The summed E-state index contributed by atoms with van der Waals surface area (Å²) in [5, 5.41) is 32.8. The van der Waals surface area contributed by atoms with Gasteiger partial charge >= 0.3 is 29.7 Å². The first-order chi connectivity index (χ1) is 17.2. The Bertz CT molecular complexity index is 973. The van der Waals surface area contributed by atoms with E-state index in [9.17, 15) is 39.5 Å². The number of hydrogen-bond donors (Lipinski definition) is 3. The lowest BCUT2D eigenvalue weighted by Crippen LogP contribution is -2.44. The van der Waals surface area contributed by atoms with Gasteiger partial charge in [-0.3, -0.25) is 19.7 Å². The second-order valence-electron chi connectivity index (χ2n) is 9.45. The van der Waals surface area contributed by atoms with Crippen molar-refractivity contribution in [2.45, 2.75) is 66.0 Å². The van der Waals surface area contributed by atoms with Gasteiger partial charge in [0.25, 0.3) is 0 Å². The standard InChI is InChI=1S/C24H34N2O11/c1-6-8-18(19(20(27)28)21(29)30)37-17-10-9-14(12-16(17)26(33)34)11-15(22(31)35-7-2)25-23(32)36-13-24(3,4)5/h9-10,12,15,18-19H,6-8,11,13H2,1-5H3,(H,25,32)(H,27,28)(H,29,30). The summed E-state index contributed by atoms with van der Waals surface area (Å²) < 4.78 is 15.6. The Labute approximate surface area is 214 Å². The van der Waals surface area contributed by atoms with Crippen molar-refractivity contribution < 1.29 is 48.5 Å². The number of rotatable bonds is 14. The highest BCUT2D eigenvalue weighted by molar-refractivity contribution is 5.93. The molecule has 1 amide bonds. The molecule has 0 aromatic heterocycles. The van der Waals surface area contributed by atoms with Crippen molar-refractivity contribution in [3.8, 4) is 5.75 Å². The fourth-order valence-corrected chi connectivity index (χ4v) is 3.23. The third kappa shape index (κ3) is 10.3. The summed E-state index contributed by atoms with van der Waals surface area (Å²) in [7, 11) is 0. The molecule has 2 unspecified atom stereocenters. The third-order valence-electron chi connectivity index (χ3n) is 4.91. The average Bonchev–Trinajstić information content (AvgIpc) is 2.77. The Hall–Kier alpha value is -3.90. The molecule has 1 rings (SSSR count). The Kier molecular flexibility index (Phi) is 11.8. The fraction of sp³-hybridized carbons (Fsp3) is 0.583. The van der Waals surface area contributed by atoms with Crippen LogP contribution in [0.15, 0.2) is 18.2 Å². The highest BCUT2D eigenvalue weighted by atomic mass is 16.6. The second-order valence-corrected chi connectivity index (χ2v) is 9.45. The summed E-state index contributed by atoms with van der Waals surface area (Å²) in [5.74, 6) is -6.30. The van der Waals surface area contributed by atoms with Crippen LogP contribution >= 0.6 is 0 Å². The van der Waals surface area contributed by atoms with Crippen LogP contribution in [0.2, 0.25) is 0 Å². The van der Waals surface area contributed by atoms with Gasteiger partial charge in [0.2, 0.25) is 0 Å². The zero-order valence-electron chi connectivity index (χ0n) is 21.5. The van der Waals surface area contributed by atoms with Crippen LogP contribution in [0, 0.1) is 21.4 Å². The molecule has 0 radical (unpaired) electrons. The molecule has 13 nitrogen and oxygen atoms in total. The monoisotopic (exact) mass is 526 g/mol. The first-order valence-electron chi connectivity index (χ1n) is 11.7. The molecule has 206 valence electrons. The number of alkyl carbamates (subject to hydrolysis) is 1. The minimum absolute atomic E-state index is 0.0215. The van der Waals surface area contributed by atoms with E-state index in [1.165, 1.54) is 12.1 Å². The highest BCUT2D eigenvalue weighted by Gasteiger charge is 2.37. The van der Waals surface area contributed by atoms with Gasteiger partial charge in [-0.15, -0.1) is 0 Å². The van der Waals surface area contributed by atoms with Crippen molar-refractivity contribution in [3.63, 3.8) is 0 Å². The lowest BCUT2D eigenvalue weighted by molar-refractivity contribution is -0.386. The number of nitrogens with zero attached hydrogens (tertiary/aromatic N) is 1. The van der Waals surface area contributed by atoms with E-state index in [2.05, 4.69) is 5.32 Å². The van der Waals surface area contributed by atoms with E-state index in [1.54, 1.807) is 13.8 Å². The summed E-state index contributed by atoms with van der Waals surface area (Å²) in [6.07, 6.45) is -2.02. The first kappa shape index (κ1) is 31.1. The summed E-state index contributed by atoms with van der Waals surface area (Å²) in [5.41, 5.74) is -0.623. The first-order valence-corrected chi connectivity index (χ1v) is 11.7. The van der Waals surface area contributed by atoms with Crippen LogP contribution in [0.4, 0.5) is 10.5 Å². The molecule has 0 saturated heterocycles. The number of ether oxygens (including phenoxy) is 3. The lowest BCUT2D eigenvalue weighted by atomic mass is 9.98. The van der Waals surface area contributed by atoms with Crippen LogP contribution in [-0.2, 0) is 30.3 Å². The van der Waals surface area contributed by atoms with Crippen molar-refractivity contribution in [1.29, 1.82) is 0 Å². The SMILES string of the molecule is CCCC(Oc1ccc(CC(NC(=O)OCC(C)(C)C)C(=O)OCC)cc1[N+](=O)[O-])C(C(=O)O)C(=O)O. The number of nitro benzene ring substituents is 1. The molecular formula is C24H34N2O11. The molecule has 0 fully saturated rings. The Morgan fingerprint density at radius 3 is 2.19 bits per heavy atom. The summed E-state index contributed by atoms with van der Waals surface area (Å²) in [6, 6.07) is 2.46. The van der Waals surface area contributed by atoms with Gasteiger partial charge in [-0.2, -0.15) is 0 Å². The lowest BCUT2D eigenvalue weighted by Gasteiger charge is -2.22. The molecule has 13 heteroatoms. The van der Waals surface area contributed by atoms with E-state index in [-0.39, 0.29) is 42.8 Å². The molecular weight excluding hydrogens is 492 g/mol. The predicted molar refractivity (Wildman–Crippen MR) is 129 cm³/mol. The highest BCUT2D eigenvalue weighted by Crippen LogP contribution is 2.31. The normalized spacial score (nSPS) is 12.8. The molecule has 2 atom stereocenters. The number of carbonyl (C=O) groups excluding carboxylic acids is 2. The number of esters is 1. The smallest absolute Gasteiger partial charge is 0.407 e. The number of amides is 1. The maximum Gasteiger partial charge on any atom is 0.407 e. The van der Waals surface area contributed by atoms with Crippen molar-refractivity contribution in [2.24, 2.45) is 11.3 Å². The van der Waals surface area contributed by atoms with Gasteiger partial charge in [-0.05, 0) is 30.4 Å². The van der Waals surface area contributed by atoms with Crippen molar-refractivity contribution in [3.05, 3.63) is 33.9 Å². The molecule has 1 aromatic rings. The van der Waals surface area contributed by atoms with E-state index in [0.717, 1.165) is 6.07 Å². The maximum atomic E-state index is 12.4. The van der Waals surface area contributed by atoms with Gasteiger partial charge < -0.3 is 29.7 Å². The molecule has 0 saturated carbocycles. The van der Waals surface area contributed by atoms with Gasteiger partial charge in [-0.25, -0.2) is 9.59 Å². The number of carboxylic acid groups (broad SMARTS) is 2. The number of carboxylic acids is 2. The number of benzene rings is 1. The molecule has 37 heavy (non-hydrogen) atoms. The van der Waals surface area contributed by atoms with Crippen LogP contribution in [0.1, 0.15) is 53.0 Å². The molecule has 0 aliphatic carbocycles. The van der Waals surface area contributed by atoms with Crippen LogP contribution in [0.5, 0.6) is 5.75 Å². The summed E-state index contributed by atoms with van der Waals surface area (Å²) in [4.78, 5) is 58.5. The largest absolute Gasteiger partial charge is 0.482 e. The number of aliphatic carboxylic acids is 2. The fourth-order valence-electron chi connectivity index (χ4n) is 3.23. The molecule has 0 spiro atoms. The van der Waals surface area contributed by atoms with E-state index in [4.69, 9.17) is 14.2 Å². The van der Waals surface area contributed by atoms with Crippen molar-refractivity contribution in [1.82, 2.24) is 5.32 Å². The predicted octanol–water partition coefficient (Wildman–Crippen LogP) is 3.17. The molecule has 0 aliphatic rings. The van der Waals surface area contributed by atoms with Gasteiger partial charge in [-0.1, -0.05) is 40.2 Å². The zero-order valence-corrected chi connectivity index (χ0v) is 21.5. The maximum absolute atomic E-state index is 12.4. The van der Waals surface area contributed by atoms with Gasteiger partial charge in [0.15, 0.2) is 11.7 Å². The second kappa shape index (κ2) is 14.0. The minimum Gasteiger partial charge on any atom is -0.482 e. The molecule has 0 aliphatic heterocycles. The van der Waals surface area contributed by atoms with Gasteiger partial charge in [0, 0.05) is 12.5 Å². The van der Waals surface area contributed by atoms with Crippen LogP contribution < -0.4 is 10.1 Å². The molecule has 0 heterocycles. The Morgan fingerprint density at radius 2 is 1.70 bits per heavy atom. The molecule has 0 bridgehead atoms. The average molecular weight is 527 g/mol. The Balaban J connectivity index is 3.24. The summed E-state index contributed by atoms with van der Waals surface area (Å²) in [6.45, 7) is 8.94. The van der Waals surface area contributed by atoms with Crippen LogP contribution in [0.3, 0.4) is 0 Å². The van der Waals surface area contributed by atoms with Gasteiger partial charge in [0.05, 0.1) is 18.1 Å². The third-order valence-corrected chi connectivity index (χ3v) is 4.91. The van der Waals surface area contributed by atoms with Crippen molar-refractivity contribution >= 4 is 29.7 Å².